The second-order valence-corrected chi connectivity index (χ2v) is 6.09. The minimum absolute atomic E-state index is 0.0302. The van der Waals surface area contributed by atoms with Crippen LogP contribution in [0.3, 0.4) is 0 Å². The third kappa shape index (κ3) is 2.90. The number of hydrogen-bond acceptors (Lipinski definition) is 3. The molecule has 1 fully saturated rings. The zero-order chi connectivity index (χ0) is 14.0. The summed E-state index contributed by atoms with van der Waals surface area (Å²) < 4.78 is 0.732. The average molecular weight is 356 g/mol. The standard InChI is InChI=1S/C13H8BrClN2OS/c1-2-8-3-13(18)17(6-8)11-4-9(14)12(19-7-16)5-10(11)15/h1,4-5,8H,3,6H2. The molecule has 1 saturated heterocycles. The van der Waals surface area contributed by atoms with Crippen LogP contribution in [0.15, 0.2) is 21.5 Å². The summed E-state index contributed by atoms with van der Waals surface area (Å²) in [6.07, 6.45) is 5.70. The van der Waals surface area contributed by atoms with Gasteiger partial charge < -0.3 is 4.90 Å². The molecule has 0 aromatic heterocycles. The first-order valence-corrected chi connectivity index (χ1v) is 7.37. The number of halogens is 2. The van der Waals surface area contributed by atoms with Gasteiger partial charge in [0.1, 0.15) is 5.40 Å². The number of terminal acetylenes is 1. The van der Waals surface area contributed by atoms with E-state index >= 15 is 0 Å². The molecule has 0 bridgehead atoms. The molecule has 1 atom stereocenters. The zero-order valence-electron chi connectivity index (χ0n) is 9.69. The zero-order valence-corrected chi connectivity index (χ0v) is 12.8. The highest BCUT2D eigenvalue weighted by Gasteiger charge is 2.31. The molecule has 0 saturated carbocycles. The Balaban J connectivity index is 2.37. The van der Waals surface area contributed by atoms with Crippen molar-refractivity contribution in [2.75, 3.05) is 11.4 Å². The van der Waals surface area contributed by atoms with E-state index in [0.29, 0.717) is 23.7 Å². The molecular weight excluding hydrogens is 348 g/mol. The van der Waals surface area contributed by atoms with Gasteiger partial charge in [0.15, 0.2) is 0 Å². The first kappa shape index (κ1) is 14.3. The quantitative estimate of drug-likeness (QED) is 0.462. The molecule has 96 valence electrons. The van der Waals surface area contributed by atoms with Crippen molar-refractivity contribution in [3.8, 4) is 17.7 Å². The van der Waals surface area contributed by atoms with Crippen LogP contribution in [0.2, 0.25) is 5.02 Å². The van der Waals surface area contributed by atoms with E-state index in [9.17, 15) is 4.79 Å². The molecule has 1 unspecified atom stereocenters. The number of carbonyl (C=O) groups excluding carboxylic acids is 1. The lowest BCUT2D eigenvalue weighted by Crippen LogP contribution is -2.24. The fourth-order valence-corrected chi connectivity index (χ4v) is 3.24. The van der Waals surface area contributed by atoms with E-state index in [0.717, 1.165) is 21.1 Å². The first-order chi connectivity index (χ1) is 9.06. The van der Waals surface area contributed by atoms with Crippen molar-refractivity contribution < 1.29 is 4.79 Å². The van der Waals surface area contributed by atoms with Crippen LogP contribution in [0.1, 0.15) is 6.42 Å². The fourth-order valence-electron chi connectivity index (χ4n) is 1.90. The summed E-state index contributed by atoms with van der Waals surface area (Å²) >= 11 is 10.6. The second-order valence-electron chi connectivity index (χ2n) is 4.00. The first-order valence-electron chi connectivity index (χ1n) is 5.38. The number of nitriles is 1. The molecule has 1 heterocycles. The molecule has 1 aliphatic heterocycles. The van der Waals surface area contributed by atoms with Gasteiger partial charge in [0.2, 0.25) is 5.91 Å². The Morgan fingerprint density at radius 1 is 1.58 bits per heavy atom. The van der Waals surface area contributed by atoms with E-state index in [-0.39, 0.29) is 11.8 Å². The third-order valence-electron chi connectivity index (χ3n) is 2.81. The van der Waals surface area contributed by atoms with Crippen molar-refractivity contribution in [2.45, 2.75) is 11.3 Å². The van der Waals surface area contributed by atoms with Gasteiger partial charge >= 0.3 is 0 Å². The smallest absolute Gasteiger partial charge is 0.228 e. The number of benzene rings is 1. The van der Waals surface area contributed by atoms with Gasteiger partial charge in [-0.15, -0.1) is 12.3 Å². The maximum absolute atomic E-state index is 11.9. The molecule has 2 rings (SSSR count). The summed E-state index contributed by atoms with van der Waals surface area (Å²) in [5.41, 5.74) is 0.624. The van der Waals surface area contributed by atoms with Crippen LogP contribution < -0.4 is 4.90 Å². The SMILES string of the molecule is C#CC1CC(=O)N(c2cc(Br)c(SC#N)cc2Cl)C1. The van der Waals surface area contributed by atoms with Crippen molar-refractivity contribution in [1.82, 2.24) is 0 Å². The number of anilines is 1. The highest BCUT2D eigenvalue weighted by Crippen LogP contribution is 2.38. The van der Waals surface area contributed by atoms with Crippen molar-refractivity contribution >= 4 is 50.9 Å². The lowest BCUT2D eigenvalue weighted by Gasteiger charge is -2.18. The van der Waals surface area contributed by atoms with Gasteiger partial charge in [0.05, 0.1) is 10.7 Å². The van der Waals surface area contributed by atoms with Gasteiger partial charge in [-0.1, -0.05) is 11.6 Å². The van der Waals surface area contributed by atoms with Crippen LogP contribution in [0.5, 0.6) is 0 Å². The third-order valence-corrected chi connectivity index (χ3v) is 4.68. The molecule has 3 nitrogen and oxygen atoms in total. The molecule has 0 radical (unpaired) electrons. The molecule has 1 aromatic carbocycles. The monoisotopic (exact) mass is 354 g/mol. The molecular formula is C13H8BrClN2OS. The Bertz CT molecular complexity index is 620. The second kappa shape index (κ2) is 5.88. The Hall–Kier alpha value is -1.14. The number of thioether (sulfide) groups is 1. The van der Waals surface area contributed by atoms with Crippen LogP contribution in [0.4, 0.5) is 5.69 Å². The van der Waals surface area contributed by atoms with Crippen molar-refractivity contribution in [3.63, 3.8) is 0 Å². The van der Waals surface area contributed by atoms with Crippen LogP contribution >= 0.6 is 39.3 Å². The average Bonchev–Trinajstić information content (AvgIpc) is 2.75. The highest BCUT2D eigenvalue weighted by molar-refractivity contribution is 9.10. The summed E-state index contributed by atoms with van der Waals surface area (Å²) in [5.74, 6) is 2.49. The highest BCUT2D eigenvalue weighted by atomic mass is 79.9. The number of carbonyl (C=O) groups is 1. The minimum Gasteiger partial charge on any atom is -0.310 e. The molecule has 0 spiro atoms. The molecule has 1 aromatic rings. The number of amides is 1. The van der Waals surface area contributed by atoms with Crippen LogP contribution in [0.25, 0.3) is 0 Å². The summed E-state index contributed by atoms with van der Waals surface area (Å²) in [7, 11) is 0. The predicted molar refractivity (Wildman–Crippen MR) is 79.9 cm³/mol. The van der Waals surface area contributed by atoms with E-state index < -0.39 is 0 Å². The lowest BCUT2D eigenvalue weighted by molar-refractivity contribution is -0.117. The van der Waals surface area contributed by atoms with Crippen LogP contribution in [-0.2, 0) is 4.79 Å². The fraction of sp³-hybridized carbons (Fsp3) is 0.231. The lowest BCUT2D eigenvalue weighted by atomic mass is 10.1. The van der Waals surface area contributed by atoms with E-state index in [1.54, 1.807) is 17.0 Å². The topological polar surface area (TPSA) is 44.1 Å². The predicted octanol–water partition coefficient (Wildman–Crippen LogP) is 3.66. The molecule has 1 aliphatic rings. The van der Waals surface area contributed by atoms with Gasteiger partial charge in [0, 0.05) is 28.3 Å². The van der Waals surface area contributed by atoms with E-state index in [1.165, 1.54) is 0 Å². The number of hydrogen-bond donors (Lipinski definition) is 0. The van der Waals surface area contributed by atoms with Gasteiger partial charge in [-0.05, 0) is 39.8 Å². The Labute approximate surface area is 129 Å². The van der Waals surface area contributed by atoms with Crippen molar-refractivity contribution in [1.29, 1.82) is 5.26 Å². The van der Waals surface area contributed by atoms with E-state index in [4.69, 9.17) is 23.3 Å². The Morgan fingerprint density at radius 2 is 2.32 bits per heavy atom. The van der Waals surface area contributed by atoms with Crippen molar-refractivity contribution in [2.24, 2.45) is 5.92 Å². The van der Waals surface area contributed by atoms with Crippen LogP contribution in [0, 0.1) is 28.9 Å². The Morgan fingerprint density at radius 3 is 2.89 bits per heavy atom. The molecule has 6 heteroatoms. The summed E-state index contributed by atoms with van der Waals surface area (Å²) in [4.78, 5) is 14.2. The van der Waals surface area contributed by atoms with E-state index in [2.05, 4.69) is 21.9 Å². The summed E-state index contributed by atoms with van der Waals surface area (Å²) in [6.45, 7) is 0.478. The maximum atomic E-state index is 11.9. The normalized spacial score (nSPS) is 18.2. The van der Waals surface area contributed by atoms with Crippen molar-refractivity contribution in [3.05, 3.63) is 21.6 Å². The largest absolute Gasteiger partial charge is 0.310 e. The molecule has 0 N–H and O–H groups in total. The maximum Gasteiger partial charge on any atom is 0.228 e. The van der Waals surface area contributed by atoms with Gasteiger partial charge in [-0.25, -0.2) is 0 Å². The summed E-state index contributed by atoms with van der Waals surface area (Å²) in [5, 5.41) is 11.1. The number of nitrogens with zero attached hydrogens (tertiary/aromatic N) is 2. The van der Waals surface area contributed by atoms with E-state index in [1.807, 2.05) is 5.40 Å². The molecule has 19 heavy (non-hydrogen) atoms. The van der Waals surface area contributed by atoms with Gasteiger partial charge in [0.25, 0.3) is 0 Å². The Kier molecular flexibility index (Phi) is 4.42. The number of rotatable bonds is 2. The van der Waals surface area contributed by atoms with Gasteiger partial charge in [-0.3, -0.25) is 4.79 Å². The summed E-state index contributed by atoms with van der Waals surface area (Å²) in [6, 6.07) is 3.42. The molecule has 1 amide bonds. The van der Waals surface area contributed by atoms with Gasteiger partial charge in [-0.2, -0.15) is 5.26 Å². The minimum atomic E-state index is -0.0736. The number of thiocyanates is 1. The molecule has 0 aliphatic carbocycles. The van der Waals surface area contributed by atoms with Crippen LogP contribution in [-0.4, -0.2) is 12.5 Å².